The van der Waals surface area contributed by atoms with E-state index in [0.29, 0.717) is 54.9 Å². The zero-order valence-electron chi connectivity index (χ0n) is 19.4. The molecule has 0 spiro atoms. The zero-order chi connectivity index (χ0) is 25.2. The van der Waals surface area contributed by atoms with Crippen LogP contribution in [-0.4, -0.2) is 62.6 Å². The number of likely N-dealkylation sites (tertiary alicyclic amines) is 1. The predicted molar refractivity (Wildman–Crippen MR) is 132 cm³/mol. The van der Waals surface area contributed by atoms with Gasteiger partial charge >= 0.3 is 0 Å². The minimum Gasteiger partial charge on any atom is -0.472 e. The molecule has 1 saturated heterocycles. The first-order chi connectivity index (χ1) is 16.7. The molecule has 1 N–H and O–H groups in total. The fourth-order valence-corrected chi connectivity index (χ4v) is 5.50. The highest BCUT2D eigenvalue weighted by molar-refractivity contribution is 7.89. The third-order valence-corrected chi connectivity index (χ3v) is 7.69. The molecule has 0 bridgehead atoms. The van der Waals surface area contributed by atoms with Gasteiger partial charge in [0.05, 0.1) is 17.1 Å². The number of sulfonamides is 1. The smallest absolute Gasteiger partial charge is 0.240 e. The number of hydrogen-bond donors (Lipinski definition) is 1. The summed E-state index contributed by atoms with van der Waals surface area (Å²) in [5.41, 5.74) is 2.45. The Hall–Kier alpha value is -2.82. The molecular formula is C24H26ClFN4O4S. The molecule has 0 unspecified atom stereocenters. The molecule has 1 fully saturated rings. The van der Waals surface area contributed by atoms with Crippen molar-refractivity contribution in [3.63, 3.8) is 0 Å². The summed E-state index contributed by atoms with van der Waals surface area (Å²) in [6, 6.07) is 7.63. The van der Waals surface area contributed by atoms with Gasteiger partial charge in [-0.3, -0.25) is 9.79 Å². The van der Waals surface area contributed by atoms with Gasteiger partial charge in [-0.1, -0.05) is 24.6 Å². The van der Waals surface area contributed by atoms with Crippen molar-refractivity contribution < 1.29 is 22.3 Å². The van der Waals surface area contributed by atoms with Crippen molar-refractivity contribution in [3.05, 3.63) is 52.6 Å². The number of benzene rings is 1. The number of ether oxygens (including phenoxy) is 1. The molecule has 2 aliphatic rings. The Balaban J connectivity index is 1.52. The maximum absolute atomic E-state index is 14.4. The van der Waals surface area contributed by atoms with Gasteiger partial charge < -0.3 is 9.64 Å². The van der Waals surface area contributed by atoms with Crippen LogP contribution >= 0.6 is 11.6 Å². The van der Waals surface area contributed by atoms with Gasteiger partial charge in [-0.2, -0.15) is 9.37 Å². The normalized spacial score (nSPS) is 18.5. The van der Waals surface area contributed by atoms with Crippen molar-refractivity contribution in [1.29, 1.82) is 0 Å². The molecule has 1 aromatic heterocycles. The summed E-state index contributed by atoms with van der Waals surface area (Å²) in [4.78, 5) is 21.8. The number of nitrogens with one attached hydrogen (secondary N) is 1. The Morgan fingerprint density at radius 2 is 2.09 bits per heavy atom. The number of nitrogens with zero attached hydrogens (tertiary/aromatic N) is 3. The molecule has 186 valence electrons. The molecular weight excluding hydrogens is 495 g/mol. The van der Waals surface area contributed by atoms with Crippen LogP contribution in [0.5, 0.6) is 5.88 Å². The molecule has 4 rings (SSSR count). The fraction of sp³-hybridized carbons (Fsp3) is 0.375. The highest BCUT2D eigenvalue weighted by atomic mass is 35.5. The van der Waals surface area contributed by atoms with Crippen molar-refractivity contribution >= 4 is 33.6 Å². The van der Waals surface area contributed by atoms with E-state index in [1.807, 2.05) is 11.8 Å². The minimum absolute atomic E-state index is 0.0493. The average molecular weight is 521 g/mol. The number of halogens is 2. The maximum Gasteiger partial charge on any atom is 0.240 e. The second-order valence-electron chi connectivity index (χ2n) is 8.46. The number of Topliss-reactive ketones (excluding diaryl/α,β-unsaturated/α-hetero) is 1. The number of aromatic nitrogens is 1. The summed E-state index contributed by atoms with van der Waals surface area (Å²) in [5, 5.41) is 0.164. The van der Waals surface area contributed by atoms with Crippen LogP contribution in [0, 0.1) is 12.9 Å². The summed E-state index contributed by atoms with van der Waals surface area (Å²) < 4.78 is 47.8. The lowest BCUT2D eigenvalue weighted by atomic mass is 10.0. The molecule has 2 aromatic rings. The molecule has 1 aromatic carbocycles. The monoisotopic (exact) mass is 520 g/mol. The van der Waals surface area contributed by atoms with Crippen molar-refractivity contribution in [2.75, 3.05) is 26.2 Å². The fourth-order valence-electron chi connectivity index (χ4n) is 4.05. The lowest BCUT2D eigenvalue weighted by Gasteiger charge is -2.22. The lowest BCUT2D eigenvalue weighted by Crippen LogP contribution is -2.28. The topological polar surface area (TPSA) is 101 Å². The van der Waals surface area contributed by atoms with Crippen LogP contribution in [0.15, 0.2) is 50.9 Å². The standard InChI is InChI=1S/C24H26ClFN4O4S/c1-3-7-28-35(32,33)18-4-5-19(15(2)9-18)16-10-22(26)29-23(11-16)34-17-6-8-30(14-17)20-12-27-13-21(31)24(20)25/h4-5,9-12,17,28H,3,6-8,13-14H2,1-2H3/t17-/m1/s1. The SMILES string of the molecule is CCCNS(=O)(=O)c1ccc(-c2cc(F)nc(O[C@@H]3CCN(C4=C(Cl)C(=O)CN=C4)C3)c2)c(C)c1. The van der Waals surface area contributed by atoms with E-state index in [-0.39, 0.29) is 34.2 Å². The summed E-state index contributed by atoms with van der Waals surface area (Å²) in [5.74, 6) is -0.801. The first kappa shape index (κ1) is 25.3. The first-order valence-electron chi connectivity index (χ1n) is 11.3. The summed E-state index contributed by atoms with van der Waals surface area (Å²) in [7, 11) is -3.61. The number of carbonyl (C=O) groups is 1. The van der Waals surface area contributed by atoms with Gasteiger partial charge in [0.2, 0.25) is 21.9 Å². The Morgan fingerprint density at radius 3 is 2.83 bits per heavy atom. The molecule has 35 heavy (non-hydrogen) atoms. The first-order valence-corrected chi connectivity index (χ1v) is 13.2. The van der Waals surface area contributed by atoms with Crippen LogP contribution in [0.3, 0.4) is 0 Å². The van der Waals surface area contributed by atoms with E-state index in [0.717, 1.165) is 0 Å². The zero-order valence-corrected chi connectivity index (χ0v) is 21.0. The molecule has 0 radical (unpaired) electrons. The molecule has 2 aliphatic heterocycles. The van der Waals surface area contributed by atoms with Crippen molar-refractivity contribution in [2.45, 2.75) is 37.7 Å². The van der Waals surface area contributed by atoms with Gasteiger partial charge in [-0.15, -0.1) is 0 Å². The highest BCUT2D eigenvalue weighted by Gasteiger charge is 2.29. The van der Waals surface area contributed by atoms with Crippen LogP contribution < -0.4 is 9.46 Å². The average Bonchev–Trinajstić information content (AvgIpc) is 3.27. The number of aliphatic imine (C=N–C) groups is 1. The number of ketones is 1. The second-order valence-corrected chi connectivity index (χ2v) is 10.6. The van der Waals surface area contributed by atoms with E-state index in [1.165, 1.54) is 12.1 Å². The molecule has 8 nitrogen and oxygen atoms in total. The molecule has 11 heteroatoms. The number of dihydropyridines is 1. The van der Waals surface area contributed by atoms with Gasteiger partial charge in [0.1, 0.15) is 17.7 Å². The van der Waals surface area contributed by atoms with Gasteiger partial charge in [-0.25, -0.2) is 13.1 Å². The van der Waals surface area contributed by atoms with Gasteiger partial charge in [0.25, 0.3) is 0 Å². The van der Waals surface area contributed by atoms with Crippen LogP contribution in [0.2, 0.25) is 0 Å². The summed E-state index contributed by atoms with van der Waals surface area (Å²) >= 11 is 6.16. The van der Waals surface area contributed by atoms with Crippen LogP contribution in [-0.2, 0) is 14.8 Å². The van der Waals surface area contributed by atoms with E-state index in [2.05, 4.69) is 14.7 Å². The number of aryl methyl sites for hydroxylation is 1. The number of hydrogen-bond acceptors (Lipinski definition) is 7. The summed E-state index contributed by atoms with van der Waals surface area (Å²) in [6.07, 6.45) is 2.64. The third kappa shape index (κ3) is 5.71. The van der Waals surface area contributed by atoms with Crippen molar-refractivity contribution in [1.82, 2.24) is 14.6 Å². The Labute approximate surface area is 208 Å². The van der Waals surface area contributed by atoms with E-state index in [4.69, 9.17) is 16.3 Å². The summed E-state index contributed by atoms with van der Waals surface area (Å²) in [6.45, 7) is 5.12. The molecule has 0 aliphatic carbocycles. The van der Waals surface area contributed by atoms with E-state index in [1.54, 1.807) is 31.3 Å². The third-order valence-electron chi connectivity index (χ3n) is 5.82. The van der Waals surface area contributed by atoms with Crippen molar-refractivity contribution in [3.8, 4) is 17.0 Å². The van der Waals surface area contributed by atoms with E-state index < -0.39 is 16.0 Å². The highest BCUT2D eigenvalue weighted by Crippen LogP contribution is 2.30. The van der Waals surface area contributed by atoms with Gasteiger partial charge in [0, 0.05) is 37.9 Å². The molecule has 3 heterocycles. The van der Waals surface area contributed by atoms with Crippen LogP contribution in [0.1, 0.15) is 25.3 Å². The van der Waals surface area contributed by atoms with Gasteiger partial charge in [0.15, 0.2) is 5.78 Å². The number of rotatable bonds is 8. The maximum atomic E-state index is 14.4. The van der Waals surface area contributed by atoms with E-state index >= 15 is 0 Å². The number of allylic oxidation sites excluding steroid dienone is 1. The predicted octanol–water partition coefficient (Wildman–Crippen LogP) is 3.44. The Morgan fingerprint density at radius 1 is 1.29 bits per heavy atom. The van der Waals surface area contributed by atoms with Crippen LogP contribution in [0.4, 0.5) is 4.39 Å². The number of carbonyl (C=O) groups excluding carboxylic acids is 1. The Bertz CT molecular complexity index is 1310. The van der Waals surface area contributed by atoms with Crippen LogP contribution in [0.25, 0.3) is 11.1 Å². The molecule has 0 amide bonds. The lowest BCUT2D eigenvalue weighted by molar-refractivity contribution is -0.113. The molecule has 0 saturated carbocycles. The van der Waals surface area contributed by atoms with Gasteiger partial charge in [-0.05, 0) is 42.2 Å². The minimum atomic E-state index is -3.61. The number of pyridine rings is 1. The molecule has 1 atom stereocenters. The largest absolute Gasteiger partial charge is 0.472 e. The Kier molecular flexibility index (Phi) is 7.53. The van der Waals surface area contributed by atoms with Crippen molar-refractivity contribution in [2.24, 2.45) is 4.99 Å². The van der Waals surface area contributed by atoms with E-state index in [9.17, 15) is 17.6 Å². The quantitative estimate of drug-likeness (QED) is 0.535. The second kappa shape index (κ2) is 10.4.